The molecule has 0 saturated carbocycles. The molecule has 0 radical (unpaired) electrons. The smallest absolute Gasteiger partial charge is 0.249 e. The molecule has 61 heavy (non-hydrogen) atoms. The van der Waals surface area contributed by atoms with E-state index in [4.69, 9.17) is 9.47 Å². The van der Waals surface area contributed by atoms with Crippen molar-refractivity contribution in [3.05, 3.63) is 36.5 Å². The monoisotopic (exact) mass is 868 g/mol. The average Bonchev–Trinajstić information content (AvgIpc) is 3.26. The number of hydrogen-bond donors (Lipinski definition) is 8. The first-order chi connectivity index (χ1) is 29.7. The molecule has 1 heterocycles. The zero-order valence-corrected chi connectivity index (χ0v) is 38.6. The molecule has 9 unspecified atom stereocenters. The van der Waals surface area contributed by atoms with Crippen LogP contribution < -0.4 is 5.32 Å². The minimum Gasteiger partial charge on any atom is -0.394 e. The lowest BCUT2D eigenvalue weighted by Crippen LogP contribution is -2.60. The quantitative estimate of drug-likeness (QED) is 0.0218. The summed E-state index contributed by atoms with van der Waals surface area (Å²) in [5, 5.41) is 75.6. The number of aliphatic hydroxyl groups excluding tert-OH is 7. The molecule has 1 aliphatic heterocycles. The summed E-state index contributed by atoms with van der Waals surface area (Å²) in [5.74, 6) is -0.728. The van der Waals surface area contributed by atoms with Gasteiger partial charge in [0, 0.05) is 0 Å². The van der Waals surface area contributed by atoms with E-state index in [1.54, 1.807) is 0 Å². The number of hydrogen-bond acceptors (Lipinski definition) is 10. The first kappa shape index (κ1) is 57.3. The minimum atomic E-state index is -1.67. The molecule has 0 aromatic carbocycles. The molecule has 0 bridgehead atoms. The number of rotatable bonds is 41. The summed E-state index contributed by atoms with van der Waals surface area (Å²) < 4.78 is 11.1. The standard InChI is InChI=1S/C50H93NO10/c1-3-5-7-9-11-13-15-17-18-19-20-21-22-23-24-25-26-28-29-31-33-35-37-42(53)45(55)41(40-60-50-48(58)47(57)46(56)44(39-52)61-50)51-49(59)43(54)38-36-34-32-30-27-16-14-12-10-8-6-4-2/h24-25,27,29-31,41-48,50,52-58H,3-23,26,28,32-40H2,1-2H3,(H,51,59)/b25-24+,30-27-,31-29+. The molecular formula is C50H93NO10. The average molecular weight is 868 g/mol. The van der Waals surface area contributed by atoms with Crippen molar-refractivity contribution in [1.29, 1.82) is 0 Å². The Morgan fingerprint density at radius 1 is 0.557 bits per heavy atom. The number of unbranched alkanes of at least 4 members (excludes halogenated alkanes) is 23. The van der Waals surface area contributed by atoms with Gasteiger partial charge in [-0.25, -0.2) is 0 Å². The molecule has 1 amide bonds. The van der Waals surface area contributed by atoms with E-state index in [0.717, 1.165) is 38.5 Å². The Morgan fingerprint density at radius 3 is 1.46 bits per heavy atom. The van der Waals surface area contributed by atoms with Gasteiger partial charge in [-0.05, 0) is 77.0 Å². The summed E-state index contributed by atoms with van der Waals surface area (Å²) >= 11 is 0. The van der Waals surface area contributed by atoms with Gasteiger partial charge in [-0.2, -0.15) is 0 Å². The first-order valence-corrected chi connectivity index (χ1v) is 24.9. The molecular weight excluding hydrogens is 775 g/mol. The third-order valence-electron chi connectivity index (χ3n) is 11.9. The summed E-state index contributed by atoms with van der Waals surface area (Å²) in [5.41, 5.74) is 0. The van der Waals surface area contributed by atoms with Crippen LogP contribution in [0.25, 0.3) is 0 Å². The number of ether oxygens (including phenoxy) is 2. The van der Waals surface area contributed by atoms with E-state index in [2.05, 4.69) is 55.6 Å². The number of allylic oxidation sites excluding steroid dienone is 6. The summed E-state index contributed by atoms with van der Waals surface area (Å²) in [6.45, 7) is 3.40. The second-order valence-electron chi connectivity index (χ2n) is 17.5. The van der Waals surface area contributed by atoms with Crippen LogP contribution in [0, 0.1) is 0 Å². The van der Waals surface area contributed by atoms with Gasteiger partial charge in [-0.1, -0.05) is 166 Å². The minimum absolute atomic E-state index is 0.220. The molecule has 11 nitrogen and oxygen atoms in total. The predicted molar refractivity (Wildman–Crippen MR) is 247 cm³/mol. The molecule has 0 aromatic heterocycles. The number of aliphatic hydroxyl groups is 7. The molecule has 9 atom stereocenters. The Labute approximate surface area is 371 Å². The van der Waals surface area contributed by atoms with Crippen LogP contribution in [-0.2, 0) is 14.3 Å². The normalized spacial score (nSPS) is 21.8. The van der Waals surface area contributed by atoms with Crippen molar-refractivity contribution in [2.24, 2.45) is 0 Å². The maximum atomic E-state index is 13.1. The fourth-order valence-electron chi connectivity index (χ4n) is 7.74. The van der Waals surface area contributed by atoms with Crippen LogP contribution in [-0.4, -0.2) is 110 Å². The second-order valence-corrected chi connectivity index (χ2v) is 17.5. The van der Waals surface area contributed by atoms with Crippen molar-refractivity contribution in [2.75, 3.05) is 13.2 Å². The van der Waals surface area contributed by atoms with Crippen molar-refractivity contribution >= 4 is 5.91 Å². The van der Waals surface area contributed by atoms with E-state index in [1.165, 1.54) is 122 Å². The molecule has 11 heteroatoms. The van der Waals surface area contributed by atoms with Crippen molar-refractivity contribution in [3.8, 4) is 0 Å². The van der Waals surface area contributed by atoms with Crippen LogP contribution in [0.15, 0.2) is 36.5 Å². The van der Waals surface area contributed by atoms with Crippen LogP contribution in [0.3, 0.4) is 0 Å². The SMILES string of the molecule is CCCCCCCC/C=C\CCCCC(O)C(=O)NC(COC1OC(CO)C(O)C(O)C1O)C(O)C(O)CCC/C=C/CC/C=C/CCCCCCCCCCCCCCC. The Bertz CT molecular complexity index is 1090. The van der Waals surface area contributed by atoms with E-state index in [0.29, 0.717) is 19.3 Å². The Hall–Kier alpha value is -1.67. The predicted octanol–water partition coefficient (Wildman–Crippen LogP) is 8.78. The van der Waals surface area contributed by atoms with Crippen LogP contribution >= 0.6 is 0 Å². The number of carbonyl (C=O) groups excluding carboxylic acids is 1. The van der Waals surface area contributed by atoms with Gasteiger partial charge in [-0.15, -0.1) is 0 Å². The molecule has 8 N–H and O–H groups in total. The summed E-state index contributed by atoms with van der Waals surface area (Å²) in [6.07, 6.45) is 34.9. The van der Waals surface area contributed by atoms with E-state index < -0.39 is 74.2 Å². The van der Waals surface area contributed by atoms with E-state index in [1.807, 2.05) is 0 Å². The number of carbonyl (C=O) groups is 1. The summed E-state index contributed by atoms with van der Waals surface area (Å²) in [6, 6.07) is -1.20. The van der Waals surface area contributed by atoms with Gasteiger partial charge in [-0.3, -0.25) is 4.79 Å². The Kier molecular flexibility index (Phi) is 37.5. The maximum Gasteiger partial charge on any atom is 0.249 e. The Morgan fingerprint density at radius 2 is 0.984 bits per heavy atom. The van der Waals surface area contributed by atoms with Crippen LogP contribution in [0.4, 0.5) is 0 Å². The van der Waals surface area contributed by atoms with Gasteiger partial charge in [0.25, 0.3) is 0 Å². The highest BCUT2D eigenvalue weighted by Gasteiger charge is 2.44. The van der Waals surface area contributed by atoms with Crippen LogP contribution in [0.1, 0.15) is 206 Å². The van der Waals surface area contributed by atoms with Crippen LogP contribution in [0.2, 0.25) is 0 Å². The molecule has 358 valence electrons. The molecule has 0 aromatic rings. The van der Waals surface area contributed by atoms with E-state index in [-0.39, 0.29) is 12.8 Å². The lowest BCUT2D eigenvalue weighted by molar-refractivity contribution is -0.303. The Balaban J connectivity index is 2.43. The zero-order valence-electron chi connectivity index (χ0n) is 38.6. The molecule has 1 fully saturated rings. The van der Waals surface area contributed by atoms with E-state index in [9.17, 15) is 40.5 Å². The van der Waals surface area contributed by atoms with Gasteiger partial charge in [0.05, 0.1) is 25.4 Å². The molecule has 1 rings (SSSR count). The lowest BCUT2D eigenvalue weighted by atomic mass is 9.98. The number of amides is 1. The van der Waals surface area contributed by atoms with Crippen LogP contribution in [0.5, 0.6) is 0 Å². The highest BCUT2D eigenvalue weighted by Crippen LogP contribution is 2.23. The van der Waals surface area contributed by atoms with Crippen molar-refractivity contribution in [1.82, 2.24) is 5.32 Å². The highest BCUT2D eigenvalue weighted by atomic mass is 16.7. The third kappa shape index (κ3) is 29.4. The van der Waals surface area contributed by atoms with Crippen molar-refractivity contribution < 1.29 is 50.0 Å². The largest absolute Gasteiger partial charge is 0.394 e. The molecule has 1 aliphatic rings. The molecule has 1 saturated heterocycles. The first-order valence-electron chi connectivity index (χ1n) is 24.9. The fraction of sp³-hybridized carbons (Fsp3) is 0.860. The van der Waals surface area contributed by atoms with E-state index >= 15 is 0 Å². The fourth-order valence-corrected chi connectivity index (χ4v) is 7.74. The van der Waals surface area contributed by atoms with Gasteiger partial charge in [0.2, 0.25) is 5.91 Å². The summed E-state index contributed by atoms with van der Waals surface area (Å²) in [4.78, 5) is 13.1. The highest BCUT2D eigenvalue weighted by molar-refractivity contribution is 5.80. The second kappa shape index (κ2) is 39.9. The third-order valence-corrected chi connectivity index (χ3v) is 11.9. The summed E-state index contributed by atoms with van der Waals surface area (Å²) in [7, 11) is 0. The maximum absolute atomic E-state index is 13.1. The molecule has 0 aliphatic carbocycles. The van der Waals surface area contributed by atoms with Gasteiger partial charge in [0.15, 0.2) is 6.29 Å². The van der Waals surface area contributed by atoms with Crippen molar-refractivity contribution in [2.45, 2.75) is 262 Å². The topological polar surface area (TPSA) is 189 Å². The lowest BCUT2D eigenvalue weighted by Gasteiger charge is -2.40. The molecule has 0 spiro atoms. The van der Waals surface area contributed by atoms with Gasteiger partial charge < -0.3 is 50.5 Å². The van der Waals surface area contributed by atoms with Gasteiger partial charge >= 0.3 is 0 Å². The zero-order chi connectivity index (χ0) is 44.8. The number of nitrogens with one attached hydrogen (secondary N) is 1. The van der Waals surface area contributed by atoms with Crippen molar-refractivity contribution in [3.63, 3.8) is 0 Å². The van der Waals surface area contributed by atoms with Gasteiger partial charge in [0.1, 0.15) is 36.6 Å².